The summed E-state index contributed by atoms with van der Waals surface area (Å²) in [6, 6.07) is 5.81. The average molecular weight is 268 g/mol. The van der Waals surface area contributed by atoms with Gasteiger partial charge in [0.2, 0.25) is 0 Å². The molecule has 1 unspecified atom stereocenters. The maximum atomic E-state index is 9.70. The number of aliphatic hydroxyl groups is 1. The van der Waals surface area contributed by atoms with Crippen LogP contribution in [0.5, 0.6) is 5.75 Å². The minimum Gasteiger partial charge on any atom is -0.491 e. The first-order valence-electron chi connectivity index (χ1n) is 6.63. The molecule has 1 atom stereocenters. The molecule has 0 aliphatic heterocycles. The van der Waals surface area contributed by atoms with Crippen molar-refractivity contribution in [1.29, 1.82) is 0 Å². The molecule has 108 valence electrons. The first-order chi connectivity index (χ1) is 9.15. The number of methoxy groups -OCH3 is 1. The highest BCUT2D eigenvalue weighted by molar-refractivity contribution is 5.38. The van der Waals surface area contributed by atoms with Crippen LogP contribution < -0.4 is 4.74 Å². The average Bonchev–Trinajstić information content (AvgIpc) is 2.39. The molecule has 1 N–H and O–H groups in total. The van der Waals surface area contributed by atoms with Crippen molar-refractivity contribution in [3.05, 3.63) is 29.3 Å². The fourth-order valence-electron chi connectivity index (χ4n) is 1.74. The van der Waals surface area contributed by atoms with Gasteiger partial charge in [0.1, 0.15) is 12.4 Å². The summed E-state index contributed by atoms with van der Waals surface area (Å²) in [4.78, 5) is 0. The molecule has 4 nitrogen and oxygen atoms in total. The first-order valence-corrected chi connectivity index (χ1v) is 6.63. The zero-order valence-electron chi connectivity index (χ0n) is 12.0. The molecule has 0 aromatic heterocycles. The van der Waals surface area contributed by atoms with Crippen LogP contribution in [0.1, 0.15) is 30.6 Å². The number of aliphatic hydroxyl groups excluding tert-OH is 1. The van der Waals surface area contributed by atoms with E-state index in [0.717, 1.165) is 23.3 Å². The van der Waals surface area contributed by atoms with Crippen LogP contribution in [0.2, 0.25) is 0 Å². The summed E-state index contributed by atoms with van der Waals surface area (Å²) in [7, 11) is 1.68. The fraction of sp³-hybridized carbons (Fsp3) is 0.600. The summed E-state index contributed by atoms with van der Waals surface area (Å²) in [5, 5.41) is 9.70. The third kappa shape index (κ3) is 6.05. The summed E-state index contributed by atoms with van der Waals surface area (Å²) >= 11 is 0. The van der Waals surface area contributed by atoms with E-state index in [-0.39, 0.29) is 0 Å². The highest BCUT2D eigenvalue weighted by atomic mass is 16.5. The standard InChI is InChI=1S/C15H24O4/c1-12-5-6-15(14(11-12)13(2)16)19-10-9-18-8-4-7-17-3/h5-6,11,13,16H,4,7-10H2,1-3H3. The molecule has 0 heterocycles. The van der Waals surface area contributed by atoms with Crippen molar-refractivity contribution in [3.8, 4) is 5.75 Å². The Balaban J connectivity index is 2.33. The SMILES string of the molecule is COCCCOCCOc1ccc(C)cc1C(C)O. The van der Waals surface area contributed by atoms with Gasteiger partial charge in [0.25, 0.3) is 0 Å². The maximum absolute atomic E-state index is 9.70. The largest absolute Gasteiger partial charge is 0.491 e. The Hall–Kier alpha value is -1.10. The zero-order valence-corrected chi connectivity index (χ0v) is 12.0. The predicted molar refractivity (Wildman–Crippen MR) is 74.6 cm³/mol. The molecule has 0 saturated carbocycles. The van der Waals surface area contributed by atoms with E-state index in [1.54, 1.807) is 14.0 Å². The van der Waals surface area contributed by atoms with E-state index >= 15 is 0 Å². The smallest absolute Gasteiger partial charge is 0.125 e. The molecule has 0 saturated heterocycles. The molecule has 0 aliphatic carbocycles. The lowest BCUT2D eigenvalue weighted by atomic mass is 10.1. The molecule has 0 aliphatic rings. The number of aryl methyl sites for hydroxylation is 1. The van der Waals surface area contributed by atoms with Gasteiger partial charge in [0, 0.05) is 25.9 Å². The summed E-state index contributed by atoms with van der Waals surface area (Å²) in [6.45, 7) is 6.14. The van der Waals surface area contributed by atoms with Gasteiger partial charge in [-0.05, 0) is 32.4 Å². The number of hydrogen-bond acceptors (Lipinski definition) is 4. The molecule has 1 aromatic rings. The van der Waals surface area contributed by atoms with E-state index in [1.165, 1.54) is 0 Å². The predicted octanol–water partition coefficient (Wildman–Crippen LogP) is 2.48. The molecular weight excluding hydrogens is 244 g/mol. The second-order valence-electron chi connectivity index (χ2n) is 4.52. The quantitative estimate of drug-likeness (QED) is 0.699. The van der Waals surface area contributed by atoms with Crippen molar-refractivity contribution in [2.45, 2.75) is 26.4 Å². The summed E-state index contributed by atoms with van der Waals surface area (Å²) in [5.41, 5.74) is 1.93. The summed E-state index contributed by atoms with van der Waals surface area (Å²) in [5.74, 6) is 0.723. The fourth-order valence-corrected chi connectivity index (χ4v) is 1.74. The van der Waals surface area contributed by atoms with Crippen LogP contribution in [-0.4, -0.2) is 38.6 Å². The molecular formula is C15H24O4. The molecule has 0 bridgehead atoms. The highest BCUT2D eigenvalue weighted by Gasteiger charge is 2.09. The van der Waals surface area contributed by atoms with Gasteiger partial charge < -0.3 is 19.3 Å². The van der Waals surface area contributed by atoms with E-state index in [0.29, 0.717) is 26.4 Å². The van der Waals surface area contributed by atoms with Gasteiger partial charge in [0.05, 0.1) is 12.7 Å². The van der Waals surface area contributed by atoms with Crippen LogP contribution in [0, 0.1) is 6.92 Å². The Morgan fingerprint density at radius 1 is 1.16 bits per heavy atom. The van der Waals surface area contributed by atoms with E-state index in [9.17, 15) is 5.11 Å². The highest BCUT2D eigenvalue weighted by Crippen LogP contribution is 2.26. The molecule has 4 heteroatoms. The number of benzene rings is 1. The lowest BCUT2D eigenvalue weighted by molar-refractivity contribution is 0.0795. The minimum absolute atomic E-state index is 0.482. The summed E-state index contributed by atoms with van der Waals surface area (Å²) < 4.78 is 16.0. The van der Waals surface area contributed by atoms with Crippen LogP contribution >= 0.6 is 0 Å². The van der Waals surface area contributed by atoms with Crippen LogP contribution in [0.4, 0.5) is 0 Å². The Kier molecular flexibility index (Phi) is 7.48. The topological polar surface area (TPSA) is 47.9 Å². The van der Waals surface area contributed by atoms with Crippen molar-refractivity contribution in [2.75, 3.05) is 33.5 Å². The third-order valence-corrected chi connectivity index (χ3v) is 2.74. The van der Waals surface area contributed by atoms with Crippen LogP contribution in [0.15, 0.2) is 18.2 Å². The lowest BCUT2D eigenvalue weighted by Crippen LogP contribution is -2.10. The van der Waals surface area contributed by atoms with Gasteiger partial charge in [0.15, 0.2) is 0 Å². The second kappa shape index (κ2) is 8.91. The third-order valence-electron chi connectivity index (χ3n) is 2.74. The number of hydrogen-bond donors (Lipinski definition) is 1. The molecule has 0 fully saturated rings. The molecule has 1 rings (SSSR count). The number of ether oxygens (including phenoxy) is 3. The van der Waals surface area contributed by atoms with E-state index in [1.807, 2.05) is 25.1 Å². The first kappa shape index (κ1) is 16.0. The van der Waals surface area contributed by atoms with Crippen molar-refractivity contribution >= 4 is 0 Å². The number of rotatable bonds is 9. The Labute approximate surface area is 115 Å². The van der Waals surface area contributed by atoms with Crippen molar-refractivity contribution < 1.29 is 19.3 Å². The normalized spacial score (nSPS) is 12.4. The Bertz CT molecular complexity index is 363. The molecule has 0 amide bonds. The second-order valence-corrected chi connectivity index (χ2v) is 4.52. The zero-order chi connectivity index (χ0) is 14.1. The summed E-state index contributed by atoms with van der Waals surface area (Å²) in [6.07, 6.45) is 0.359. The van der Waals surface area contributed by atoms with E-state index in [4.69, 9.17) is 14.2 Å². The minimum atomic E-state index is -0.530. The van der Waals surface area contributed by atoms with Crippen LogP contribution in [0.3, 0.4) is 0 Å². The van der Waals surface area contributed by atoms with Gasteiger partial charge in [-0.3, -0.25) is 0 Å². The van der Waals surface area contributed by atoms with E-state index < -0.39 is 6.10 Å². The van der Waals surface area contributed by atoms with Gasteiger partial charge in [-0.15, -0.1) is 0 Å². The van der Waals surface area contributed by atoms with Gasteiger partial charge in [-0.1, -0.05) is 11.6 Å². The molecule has 19 heavy (non-hydrogen) atoms. The Morgan fingerprint density at radius 2 is 1.95 bits per heavy atom. The van der Waals surface area contributed by atoms with Gasteiger partial charge in [-0.25, -0.2) is 0 Å². The lowest BCUT2D eigenvalue weighted by Gasteiger charge is -2.14. The van der Waals surface area contributed by atoms with Crippen molar-refractivity contribution in [2.24, 2.45) is 0 Å². The molecule has 0 radical (unpaired) electrons. The molecule has 0 spiro atoms. The van der Waals surface area contributed by atoms with E-state index in [2.05, 4.69) is 0 Å². The molecule has 1 aromatic carbocycles. The Morgan fingerprint density at radius 3 is 2.63 bits per heavy atom. The van der Waals surface area contributed by atoms with Crippen LogP contribution in [-0.2, 0) is 9.47 Å². The van der Waals surface area contributed by atoms with Gasteiger partial charge in [-0.2, -0.15) is 0 Å². The maximum Gasteiger partial charge on any atom is 0.125 e. The monoisotopic (exact) mass is 268 g/mol. The van der Waals surface area contributed by atoms with Crippen LogP contribution in [0.25, 0.3) is 0 Å². The van der Waals surface area contributed by atoms with Crippen molar-refractivity contribution in [1.82, 2.24) is 0 Å². The van der Waals surface area contributed by atoms with Crippen molar-refractivity contribution in [3.63, 3.8) is 0 Å². The van der Waals surface area contributed by atoms with Gasteiger partial charge >= 0.3 is 0 Å².